The summed E-state index contributed by atoms with van der Waals surface area (Å²) in [5, 5.41) is 4.19. The number of fused-ring (bicyclic) bond motifs is 1. The second kappa shape index (κ2) is 7.61. The Morgan fingerprint density at radius 3 is 2.58 bits per heavy atom. The number of anilines is 1. The van der Waals surface area contributed by atoms with Crippen LogP contribution in [0.3, 0.4) is 0 Å². The highest BCUT2D eigenvalue weighted by Gasteiger charge is 2.11. The van der Waals surface area contributed by atoms with Gasteiger partial charge in [0.15, 0.2) is 0 Å². The minimum atomic E-state index is -3.49. The number of hydrogen-bond donors (Lipinski definition) is 2. The van der Waals surface area contributed by atoms with Gasteiger partial charge in [-0.1, -0.05) is 30.3 Å². The number of nitrogens with zero attached hydrogens (tertiary/aromatic N) is 1. The highest BCUT2D eigenvalue weighted by molar-refractivity contribution is 7.89. The molecule has 126 valence electrons. The highest BCUT2D eigenvalue weighted by Crippen LogP contribution is 2.25. The summed E-state index contributed by atoms with van der Waals surface area (Å²) in [6.45, 7) is 0.699. The van der Waals surface area contributed by atoms with E-state index in [1.54, 1.807) is 24.3 Å². The summed E-state index contributed by atoms with van der Waals surface area (Å²) in [5.41, 5.74) is 0. The number of rotatable bonds is 8. The lowest BCUT2D eigenvalue weighted by molar-refractivity contribution is 0.374. The summed E-state index contributed by atoms with van der Waals surface area (Å²) in [4.78, 5) is 0. The predicted molar refractivity (Wildman–Crippen MR) is 97.0 cm³/mol. The molecule has 1 aromatic heterocycles. The normalized spacial score (nSPS) is 11.5. The first kappa shape index (κ1) is 16.7. The van der Waals surface area contributed by atoms with Crippen molar-refractivity contribution in [2.75, 3.05) is 24.3 Å². The summed E-state index contributed by atoms with van der Waals surface area (Å²) in [5.74, 6) is 0.890. The monoisotopic (exact) mass is 363 g/mol. The second-order valence-corrected chi connectivity index (χ2v) is 7.60. The van der Waals surface area contributed by atoms with Gasteiger partial charge in [0.05, 0.1) is 4.70 Å². The van der Waals surface area contributed by atoms with Crippen LogP contribution in [0.15, 0.2) is 54.6 Å². The van der Waals surface area contributed by atoms with Gasteiger partial charge in [-0.3, -0.25) is 0 Å². The fourth-order valence-corrected chi connectivity index (χ4v) is 3.65. The zero-order valence-corrected chi connectivity index (χ0v) is 14.4. The van der Waals surface area contributed by atoms with E-state index in [0.29, 0.717) is 12.3 Å². The van der Waals surface area contributed by atoms with E-state index in [1.165, 1.54) is 11.5 Å². The Kier molecular flexibility index (Phi) is 5.29. The lowest BCUT2D eigenvalue weighted by Gasteiger charge is -2.09. The Morgan fingerprint density at radius 1 is 1.00 bits per heavy atom. The van der Waals surface area contributed by atoms with Crippen molar-refractivity contribution >= 4 is 37.5 Å². The largest absolute Gasteiger partial charge is 0.476 e. The van der Waals surface area contributed by atoms with Crippen molar-refractivity contribution in [3.8, 4) is 5.75 Å². The Balaban J connectivity index is 1.45. The van der Waals surface area contributed by atoms with Gasteiger partial charge >= 0.3 is 0 Å². The van der Waals surface area contributed by atoms with E-state index < -0.39 is 16.0 Å². The average molecular weight is 363 g/mol. The zero-order chi connectivity index (χ0) is 16.8. The Bertz CT molecular complexity index is 895. The van der Waals surface area contributed by atoms with E-state index in [2.05, 4.69) is 14.4 Å². The van der Waals surface area contributed by atoms with Crippen molar-refractivity contribution < 1.29 is 13.2 Å². The third-order valence-corrected chi connectivity index (χ3v) is 5.14. The van der Waals surface area contributed by atoms with Gasteiger partial charge in [-0.25, -0.2) is 13.1 Å². The van der Waals surface area contributed by atoms with Gasteiger partial charge < -0.3 is 10.1 Å². The maximum atomic E-state index is 11.9. The second-order valence-electron chi connectivity index (χ2n) is 5.04. The Labute approximate surface area is 144 Å². The summed E-state index contributed by atoms with van der Waals surface area (Å²) in [6, 6.07) is 16.7. The van der Waals surface area contributed by atoms with Crippen LogP contribution in [0.25, 0.3) is 10.1 Å². The van der Waals surface area contributed by atoms with Crippen LogP contribution < -0.4 is 14.8 Å². The van der Waals surface area contributed by atoms with Crippen LogP contribution in [0.1, 0.15) is 0 Å². The number of ether oxygens (including phenoxy) is 1. The van der Waals surface area contributed by atoms with E-state index in [0.717, 1.165) is 15.9 Å². The topological polar surface area (TPSA) is 80.3 Å². The molecule has 0 aliphatic heterocycles. The Morgan fingerprint density at radius 2 is 1.75 bits per heavy atom. The van der Waals surface area contributed by atoms with Crippen molar-refractivity contribution in [2.24, 2.45) is 0 Å². The van der Waals surface area contributed by atoms with Gasteiger partial charge in [-0.15, -0.1) is 0 Å². The molecule has 8 heteroatoms. The van der Waals surface area contributed by atoms with Crippen LogP contribution in [0, 0.1) is 0 Å². The standard InChI is InChI=1S/C16H17N3O3S2/c20-24(21,12-22-13-6-2-1-3-7-13)18-11-10-17-16-14-8-4-5-9-15(14)23-19-16/h1-9,18H,10-12H2,(H,17,19). The summed E-state index contributed by atoms with van der Waals surface area (Å²) in [6.07, 6.45) is 0. The van der Waals surface area contributed by atoms with Gasteiger partial charge in [0.2, 0.25) is 16.0 Å². The molecule has 0 saturated heterocycles. The van der Waals surface area contributed by atoms with E-state index >= 15 is 0 Å². The van der Waals surface area contributed by atoms with Crippen LogP contribution in [0.4, 0.5) is 5.82 Å². The first-order valence-corrected chi connectivity index (χ1v) is 9.80. The number of aromatic nitrogens is 1. The molecule has 2 aromatic carbocycles. The van der Waals surface area contributed by atoms with E-state index in [9.17, 15) is 8.42 Å². The smallest absolute Gasteiger partial charge is 0.247 e. The fourth-order valence-electron chi connectivity index (χ4n) is 2.10. The fraction of sp³-hybridized carbons (Fsp3) is 0.188. The van der Waals surface area contributed by atoms with Crippen molar-refractivity contribution in [3.63, 3.8) is 0 Å². The Hall–Kier alpha value is -2.16. The van der Waals surface area contributed by atoms with Crippen molar-refractivity contribution in [3.05, 3.63) is 54.6 Å². The van der Waals surface area contributed by atoms with Crippen LogP contribution in [-0.2, 0) is 10.0 Å². The molecule has 2 N–H and O–H groups in total. The van der Waals surface area contributed by atoms with Crippen molar-refractivity contribution in [2.45, 2.75) is 0 Å². The lowest BCUT2D eigenvalue weighted by Crippen LogP contribution is -2.32. The SMILES string of the molecule is O=S(=O)(COc1ccccc1)NCCNc1nsc2ccccc12. The number of sulfonamides is 1. The molecule has 0 aliphatic rings. The molecule has 3 aromatic rings. The maximum Gasteiger partial charge on any atom is 0.247 e. The third kappa shape index (κ3) is 4.44. The lowest BCUT2D eigenvalue weighted by atomic mass is 10.2. The van der Waals surface area contributed by atoms with Gasteiger partial charge in [0, 0.05) is 18.5 Å². The summed E-state index contributed by atoms with van der Waals surface area (Å²) in [7, 11) is -3.49. The highest BCUT2D eigenvalue weighted by atomic mass is 32.2. The molecule has 0 aliphatic carbocycles. The van der Waals surface area contributed by atoms with Gasteiger partial charge in [-0.2, -0.15) is 4.37 Å². The van der Waals surface area contributed by atoms with Crippen LogP contribution in [0.5, 0.6) is 5.75 Å². The molecule has 0 saturated carbocycles. The minimum Gasteiger partial charge on any atom is -0.476 e. The molecule has 0 bridgehead atoms. The predicted octanol–water partition coefficient (Wildman–Crippen LogP) is 2.66. The van der Waals surface area contributed by atoms with E-state index in [4.69, 9.17) is 4.74 Å². The molecule has 0 unspecified atom stereocenters. The molecule has 24 heavy (non-hydrogen) atoms. The number of nitrogens with one attached hydrogen (secondary N) is 2. The minimum absolute atomic E-state index is 0.256. The van der Waals surface area contributed by atoms with Crippen LogP contribution in [0.2, 0.25) is 0 Å². The molecule has 0 fully saturated rings. The van der Waals surface area contributed by atoms with Gasteiger partial charge in [-0.05, 0) is 35.8 Å². The average Bonchev–Trinajstić information content (AvgIpc) is 3.01. The van der Waals surface area contributed by atoms with E-state index in [1.807, 2.05) is 30.3 Å². The van der Waals surface area contributed by atoms with E-state index in [-0.39, 0.29) is 6.54 Å². The maximum absolute atomic E-state index is 11.9. The van der Waals surface area contributed by atoms with Gasteiger partial charge in [0.25, 0.3) is 0 Å². The van der Waals surface area contributed by atoms with Crippen LogP contribution in [-0.4, -0.2) is 31.8 Å². The molecular formula is C16H17N3O3S2. The van der Waals surface area contributed by atoms with Crippen LogP contribution >= 0.6 is 11.5 Å². The molecule has 1 heterocycles. The first-order valence-electron chi connectivity index (χ1n) is 7.37. The molecular weight excluding hydrogens is 346 g/mol. The quantitative estimate of drug-likeness (QED) is 0.602. The van der Waals surface area contributed by atoms with Crippen molar-refractivity contribution in [1.82, 2.24) is 9.10 Å². The number of para-hydroxylation sites is 1. The molecule has 0 amide bonds. The molecule has 0 radical (unpaired) electrons. The zero-order valence-electron chi connectivity index (χ0n) is 12.8. The molecule has 6 nitrogen and oxygen atoms in total. The molecule has 3 rings (SSSR count). The number of hydrogen-bond acceptors (Lipinski definition) is 6. The number of benzene rings is 2. The van der Waals surface area contributed by atoms with Crippen molar-refractivity contribution in [1.29, 1.82) is 0 Å². The molecule has 0 atom stereocenters. The van der Waals surface area contributed by atoms with Gasteiger partial charge in [0.1, 0.15) is 11.6 Å². The summed E-state index contributed by atoms with van der Waals surface area (Å²) >= 11 is 1.41. The third-order valence-electron chi connectivity index (χ3n) is 3.24. The summed E-state index contributed by atoms with van der Waals surface area (Å²) < 4.78 is 37.0. The first-order chi connectivity index (χ1) is 11.6. The molecule has 0 spiro atoms.